The van der Waals surface area contributed by atoms with Crippen molar-refractivity contribution in [3.63, 3.8) is 0 Å². The minimum Gasteiger partial charge on any atom is -0.461 e. The van der Waals surface area contributed by atoms with Crippen LogP contribution in [-0.4, -0.2) is 40.3 Å². The van der Waals surface area contributed by atoms with Gasteiger partial charge >= 0.3 is 0 Å². The quantitative estimate of drug-likeness (QED) is 0.446. The lowest BCUT2D eigenvalue weighted by Gasteiger charge is -2.18. The Morgan fingerprint density at radius 3 is 2.45 bits per heavy atom. The fourth-order valence-electron chi connectivity index (χ4n) is 2.67. The summed E-state index contributed by atoms with van der Waals surface area (Å²) in [6.07, 6.45) is 2.05. The number of carbonyl (C=O) groups excluding carboxylic acids is 4. The third-order valence-electron chi connectivity index (χ3n) is 3.94. The van der Waals surface area contributed by atoms with E-state index in [4.69, 9.17) is 4.42 Å². The van der Waals surface area contributed by atoms with Crippen molar-refractivity contribution in [2.24, 2.45) is 10.1 Å². The maximum atomic E-state index is 12.9. The molecule has 0 saturated carbocycles. The fourth-order valence-corrected chi connectivity index (χ4v) is 2.67. The first-order chi connectivity index (χ1) is 14.0. The summed E-state index contributed by atoms with van der Waals surface area (Å²) in [5, 5.41) is 9.69. The van der Waals surface area contributed by atoms with Crippen LogP contribution in [-0.2, 0) is 14.4 Å². The number of hydrazone groups is 1. The number of amidine groups is 1. The van der Waals surface area contributed by atoms with Crippen LogP contribution in [0, 0.1) is 0 Å². The van der Waals surface area contributed by atoms with Gasteiger partial charge in [-0.15, -0.1) is 5.10 Å². The number of rotatable bonds is 4. The predicted octanol–water partition coefficient (Wildman–Crippen LogP) is 0.542. The molecule has 3 amide bonds. The molecule has 0 spiro atoms. The van der Waals surface area contributed by atoms with E-state index in [0.717, 1.165) is 11.1 Å². The van der Waals surface area contributed by atoms with Gasteiger partial charge in [0.1, 0.15) is 12.1 Å². The second kappa shape index (κ2) is 7.35. The van der Waals surface area contributed by atoms with E-state index < -0.39 is 23.5 Å². The third-order valence-corrected chi connectivity index (χ3v) is 3.94. The number of furan rings is 1. The highest BCUT2D eigenvalue weighted by molar-refractivity contribution is 6.22. The molecule has 4 rings (SSSR count). The van der Waals surface area contributed by atoms with Gasteiger partial charge in [0.05, 0.1) is 6.26 Å². The number of aliphatic imine (C=N–C) groups is 1. The predicted molar refractivity (Wildman–Crippen MR) is 99.3 cm³/mol. The number of hydrogen-bond acceptors (Lipinski definition) is 7. The summed E-state index contributed by atoms with van der Waals surface area (Å²) in [5.41, 5.74) is 0.385. The molecule has 3 heterocycles. The zero-order chi connectivity index (χ0) is 20.4. The number of carbonyl (C=O) groups is 4. The molecule has 0 radical (unpaired) electrons. The summed E-state index contributed by atoms with van der Waals surface area (Å²) >= 11 is 0. The molecule has 1 saturated heterocycles. The molecule has 1 aromatic heterocycles. The van der Waals surface area contributed by atoms with Crippen LogP contribution in [0.3, 0.4) is 0 Å². The van der Waals surface area contributed by atoms with Crippen molar-refractivity contribution in [3.05, 3.63) is 71.8 Å². The molecule has 2 aromatic rings. The average Bonchev–Trinajstić information content (AvgIpc) is 3.32. The maximum Gasteiger partial charge on any atom is 0.299 e. The lowest BCUT2D eigenvalue weighted by Crippen LogP contribution is -2.52. The van der Waals surface area contributed by atoms with E-state index >= 15 is 0 Å². The van der Waals surface area contributed by atoms with Gasteiger partial charge in [-0.25, -0.2) is 4.99 Å². The normalized spacial score (nSPS) is 17.9. The molecule has 2 aliphatic heterocycles. The fraction of sp³-hybridized carbons (Fsp3) is 0.0526. The number of benzene rings is 1. The van der Waals surface area contributed by atoms with Gasteiger partial charge in [0.25, 0.3) is 5.91 Å². The molecule has 10 nitrogen and oxygen atoms in total. The van der Waals surface area contributed by atoms with Crippen molar-refractivity contribution in [3.8, 4) is 0 Å². The average molecular weight is 391 g/mol. The minimum absolute atomic E-state index is 0.0540. The van der Waals surface area contributed by atoms with Gasteiger partial charge in [0, 0.05) is 11.6 Å². The zero-order valence-electron chi connectivity index (χ0n) is 14.8. The van der Waals surface area contributed by atoms with Gasteiger partial charge in [-0.1, -0.05) is 30.3 Å². The Bertz CT molecular complexity index is 1080. The van der Waals surface area contributed by atoms with Crippen LogP contribution in [0.15, 0.2) is 75.0 Å². The molecule has 10 heteroatoms. The number of hydrogen-bond donors (Lipinski definition) is 2. The van der Waals surface area contributed by atoms with E-state index in [1.165, 1.54) is 12.3 Å². The maximum absolute atomic E-state index is 12.9. The number of allylic oxidation sites excluding steroid dienone is 1. The van der Waals surface area contributed by atoms with Gasteiger partial charge in [0.2, 0.25) is 23.6 Å². The van der Waals surface area contributed by atoms with E-state index in [1.807, 2.05) is 0 Å². The molecular formula is C19H13N5O5. The largest absolute Gasteiger partial charge is 0.461 e. The molecule has 0 bridgehead atoms. The molecule has 0 atom stereocenters. The van der Waals surface area contributed by atoms with Gasteiger partial charge in [-0.3, -0.25) is 29.8 Å². The second-order valence-corrected chi connectivity index (χ2v) is 6.01. The van der Waals surface area contributed by atoms with Crippen LogP contribution in [0.4, 0.5) is 0 Å². The second-order valence-electron chi connectivity index (χ2n) is 6.01. The zero-order valence-corrected chi connectivity index (χ0v) is 14.8. The van der Waals surface area contributed by atoms with E-state index in [9.17, 15) is 19.2 Å². The number of ketones is 1. The Labute approximate surface area is 163 Å². The molecule has 2 aliphatic rings. The molecule has 0 unspecified atom stereocenters. The Morgan fingerprint density at radius 1 is 1.07 bits per heavy atom. The molecular weight excluding hydrogens is 378 g/mol. The van der Waals surface area contributed by atoms with Crippen LogP contribution >= 0.6 is 0 Å². The number of nitrogens with zero attached hydrogens (tertiary/aromatic N) is 3. The monoisotopic (exact) mass is 391 g/mol. The molecule has 29 heavy (non-hydrogen) atoms. The van der Waals surface area contributed by atoms with Crippen molar-refractivity contribution in [1.29, 1.82) is 0 Å². The van der Waals surface area contributed by atoms with Crippen LogP contribution in [0.25, 0.3) is 0 Å². The van der Waals surface area contributed by atoms with E-state index in [1.54, 1.807) is 36.4 Å². The highest BCUT2D eigenvalue weighted by Crippen LogP contribution is 2.21. The summed E-state index contributed by atoms with van der Waals surface area (Å²) in [6.45, 7) is 0. The molecule has 1 aromatic carbocycles. The van der Waals surface area contributed by atoms with Crippen molar-refractivity contribution in [1.82, 2.24) is 15.6 Å². The van der Waals surface area contributed by atoms with Gasteiger partial charge in [-0.2, -0.15) is 5.01 Å². The SMILES string of the molecule is O=C1CC(=O)NC(=NN2C(=O)/C(=C\C(=O)c3ccco3)N=C2c2ccccc2)N1. The Balaban J connectivity index is 1.72. The van der Waals surface area contributed by atoms with Crippen molar-refractivity contribution >= 4 is 35.3 Å². The van der Waals surface area contributed by atoms with Crippen molar-refractivity contribution in [2.75, 3.05) is 0 Å². The highest BCUT2D eigenvalue weighted by atomic mass is 16.3. The number of nitrogens with one attached hydrogen (secondary N) is 2. The van der Waals surface area contributed by atoms with Gasteiger partial charge < -0.3 is 4.42 Å². The topological polar surface area (TPSA) is 133 Å². The lowest BCUT2D eigenvalue weighted by atomic mass is 10.2. The van der Waals surface area contributed by atoms with Crippen LogP contribution in [0.2, 0.25) is 0 Å². The highest BCUT2D eigenvalue weighted by Gasteiger charge is 2.33. The smallest absolute Gasteiger partial charge is 0.299 e. The van der Waals surface area contributed by atoms with Gasteiger partial charge in [0.15, 0.2) is 11.6 Å². The molecule has 2 N–H and O–H groups in total. The van der Waals surface area contributed by atoms with Crippen molar-refractivity contribution < 1.29 is 23.6 Å². The standard InChI is InChI=1S/C19H13N5O5/c25-13(14-7-4-8-29-14)9-12-18(28)24(17(20-12)11-5-2-1-3-6-11)23-19-21-15(26)10-16(27)22-19/h1-9H,10H2,(H2,21,22,23,26,27)/b12-9+. The molecule has 1 fully saturated rings. The Morgan fingerprint density at radius 2 is 1.79 bits per heavy atom. The molecule has 144 valence electrons. The Hall–Kier alpha value is -4.34. The number of amides is 3. The summed E-state index contributed by atoms with van der Waals surface area (Å²) in [6, 6.07) is 11.7. The summed E-state index contributed by atoms with van der Waals surface area (Å²) in [7, 11) is 0. The lowest BCUT2D eigenvalue weighted by molar-refractivity contribution is -0.129. The summed E-state index contributed by atoms with van der Waals surface area (Å²) in [4.78, 5) is 52.5. The summed E-state index contributed by atoms with van der Waals surface area (Å²) in [5.74, 6) is -2.37. The Kier molecular flexibility index (Phi) is 4.57. The summed E-state index contributed by atoms with van der Waals surface area (Å²) < 4.78 is 5.03. The first-order valence-electron chi connectivity index (χ1n) is 8.47. The first kappa shape index (κ1) is 18.0. The van der Waals surface area contributed by atoms with Crippen LogP contribution in [0.1, 0.15) is 22.5 Å². The minimum atomic E-state index is -0.703. The van der Waals surface area contributed by atoms with E-state index in [2.05, 4.69) is 20.7 Å². The van der Waals surface area contributed by atoms with Crippen molar-refractivity contribution in [2.45, 2.75) is 6.42 Å². The van der Waals surface area contributed by atoms with Gasteiger partial charge in [-0.05, 0) is 12.1 Å². The number of guanidine groups is 1. The molecule has 0 aliphatic carbocycles. The van der Waals surface area contributed by atoms with Crippen LogP contribution < -0.4 is 10.6 Å². The van der Waals surface area contributed by atoms with E-state index in [0.29, 0.717) is 5.56 Å². The van der Waals surface area contributed by atoms with Crippen LogP contribution in [0.5, 0.6) is 0 Å². The third kappa shape index (κ3) is 3.72. The first-order valence-corrected chi connectivity index (χ1v) is 8.47. The van der Waals surface area contributed by atoms with E-state index in [-0.39, 0.29) is 29.7 Å².